The number of carbonyl (C=O) groups is 3. The molecule has 0 aromatic heterocycles. The zero-order chi connectivity index (χ0) is 15.8. The number of carboxylic acid groups (broad SMARTS) is 1. The van der Waals surface area contributed by atoms with E-state index in [1.165, 1.54) is 4.90 Å². The van der Waals surface area contributed by atoms with Gasteiger partial charge in [0.05, 0.1) is 12.5 Å². The number of carboxylic acids is 1. The average Bonchev–Trinajstić information content (AvgIpc) is 2.46. The lowest BCUT2D eigenvalue weighted by molar-refractivity contribution is -0.143. The topological polar surface area (TPSA) is 99.2 Å². The molecule has 2 N–H and O–H groups in total. The van der Waals surface area contributed by atoms with Crippen molar-refractivity contribution >= 4 is 17.9 Å². The fourth-order valence-electron chi connectivity index (χ4n) is 2.19. The zero-order valence-electron chi connectivity index (χ0n) is 12.5. The molecule has 0 saturated carbocycles. The third-order valence-corrected chi connectivity index (χ3v) is 3.45. The van der Waals surface area contributed by atoms with E-state index >= 15 is 0 Å². The summed E-state index contributed by atoms with van der Waals surface area (Å²) in [6.45, 7) is 1.62. The van der Waals surface area contributed by atoms with Gasteiger partial charge in [0.25, 0.3) is 0 Å². The number of rotatable bonds is 6. The molecule has 1 fully saturated rings. The number of hydrogen-bond donors (Lipinski definition) is 2. The second kappa shape index (κ2) is 8.46. The molecule has 8 heteroatoms. The van der Waals surface area contributed by atoms with Gasteiger partial charge < -0.3 is 25.0 Å². The second-order valence-corrected chi connectivity index (χ2v) is 5.08. The summed E-state index contributed by atoms with van der Waals surface area (Å²) in [6.07, 6.45) is 0.907. The molecule has 0 atom stereocenters. The molecule has 1 heterocycles. The summed E-state index contributed by atoms with van der Waals surface area (Å²) in [5.41, 5.74) is 0. The normalized spacial score (nSPS) is 15.6. The maximum absolute atomic E-state index is 12.1. The van der Waals surface area contributed by atoms with E-state index in [2.05, 4.69) is 5.32 Å². The van der Waals surface area contributed by atoms with Crippen LogP contribution in [-0.2, 0) is 14.3 Å². The highest BCUT2D eigenvalue weighted by Gasteiger charge is 2.28. The quantitative estimate of drug-likeness (QED) is 0.650. The number of ether oxygens (including phenoxy) is 1. The first-order valence-electron chi connectivity index (χ1n) is 6.94. The van der Waals surface area contributed by atoms with Crippen molar-refractivity contribution in [2.75, 3.05) is 46.9 Å². The van der Waals surface area contributed by atoms with E-state index in [1.54, 1.807) is 19.1 Å². The number of urea groups is 1. The summed E-state index contributed by atoms with van der Waals surface area (Å²) in [6, 6.07) is -0.249. The van der Waals surface area contributed by atoms with Gasteiger partial charge in [-0.15, -0.1) is 0 Å². The van der Waals surface area contributed by atoms with Crippen molar-refractivity contribution in [1.82, 2.24) is 15.1 Å². The lowest BCUT2D eigenvalue weighted by atomic mass is 9.97. The van der Waals surface area contributed by atoms with Crippen LogP contribution in [-0.4, -0.2) is 79.8 Å². The fraction of sp³-hybridized carbons (Fsp3) is 0.769. The maximum Gasteiger partial charge on any atom is 0.320 e. The highest BCUT2D eigenvalue weighted by atomic mass is 16.5. The minimum Gasteiger partial charge on any atom is -0.481 e. The predicted molar refractivity (Wildman–Crippen MR) is 74.8 cm³/mol. The first kappa shape index (κ1) is 17.2. The van der Waals surface area contributed by atoms with Crippen LogP contribution in [0.3, 0.4) is 0 Å². The van der Waals surface area contributed by atoms with Gasteiger partial charge in [0.1, 0.15) is 6.54 Å². The molecular weight excluding hydrogens is 278 g/mol. The molecule has 0 spiro atoms. The number of hydrogen-bond acceptors (Lipinski definition) is 4. The van der Waals surface area contributed by atoms with Crippen molar-refractivity contribution in [3.63, 3.8) is 0 Å². The van der Waals surface area contributed by atoms with Crippen molar-refractivity contribution in [2.45, 2.75) is 12.8 Å². The predicted octanol–water partition coefficient (Wildman–Crippen LogP) is -0.403. The SMILES string of the molecule is COCCNC(=O)CN(C)C(=O)N1CCC(C(=O)O)CC1. The molecule has 8 nitrogen and oxygen atoms in total. The molecule has 0 radical (unpaired) electrons. The van der Waals surface area contributed by atoms with Gasteiger partial charge in [-0.2, -0.15) is 0 Å². The van der Waals surface area contributed by atoms with Crippen LogP contribution in [0.1, 0.15) is 12.8 Å². The molecule has 0 bridgehead atoms. The Morgan fingerprint density at radius 2 is 1.95 bits per heavy atom. The number of nitrogens with one attached hydrogen (secondary N) is 1. The number of carbonyl (C=O) groups excluding carboxylic acids is 2. The lowest BCUT2D eigenvalue weighted by Gasteiger charge is -2.33. The molecule has 120 valence electrons. The van der Waals surface area contributed by atoms with Gasteiger partial charge in [-0.05, 0) is 12.8 Å². The number of nitrogens with zero attached hydrogens (tertiary/aromatic N) is 2. The molecule has 1 rings (SSSR count). The minimum absolute atomic E-state index is 0.0264. The van der Waals surface area contributed by atoms with Crippen LogP contribution in [0.4, 0.5) is 4.79 Å². The van der Waals surface area contributed by atoms with Gasteiger partial charge in [-0.1, -0.05) is 0 Å². The number of piperidine rings is 1. The smallest absolute Gasteiger partial charge is 0.320 e. The molecular formula is C13H23N3O5. The Hall–Kier alpha value is -1.83. The first-order chi connectivity index (χ1) is 9.95. The van der Waals surface area contributed by atoms with Gasteiger partial charge >= 0.3 is 12.0 Å². The van der Waals surface area contributed by atoms with Crippen molar-refractivity contribution in [2.24, 2.45) is 5.92 Å². The van der Waals surface area contributed by atoms with Crippen LogP contribution in [0.5, 0.6) is 0 Å². The average molecular weight is 301 g/mol. The van der Waals surface area contributed by atoms with Crippen molar-refractivity contribution < 1.29 is 24.2 Å². The number of aliphatic carboxylic acids is 1. The van der Waals surface area contributed by atoms with E-state index in [0.717, 1.165) is 0 Å². The zero-order valence-corrected chi connectivity index (χ0v) is 12.5. The van der Waals surface area contributed by atoms with E-state index in [-0.39, 0.29) is 24.4 Å². The van der Waals surface area contributed by atoms with Crippen LogP contribution in [0.15, 0.2) is 0 Å². The Morgan fingerprint density at radius 1 is 1.33 bits per heavy atom. The highest BCUT2D eigenvalue weighted by Crippen LogP contribution is 2.18. The van der Waals surface area contributed by atoms with Gasteiger partial charge in [-0.3, -0.25) is 9.59 Å². The van der Waals surface area contributed by atoms with E-state index in [0.29, 0.717) is 39.1 Å². The molecule has 3 amide bonds. The van der Waals surface area contributed by atoms with E-state index in [9.17, 15) is 14.4 Å². The van der Waals surface area contributed by atoms with Crippen LogP contribution in [0, 0.1) is 5.92 Å². The largest absolute Gasteiger partial charge is 0.481 e. The monoisotopic (exact) mass is 301 g/mol. The fourth-order valence-corrected chi connectivity index (χ4v) is 2.19. The third-order valence-electron chi connectivity index (χ3n) is 3.45. The van der Waals surface area contributed by atoms with E-state index in [1.807, 2.05) is 0 Å². The molecule has 21 heavy (non-hydrogen) atoms. The van der Waals surface area contributed by atoms with Crippen LogP contribution >= 0.6 is 0 Å². The standard InChI is InChI=1S/C13H23N3O5/c1-15(9-11(17)14-5-8-21-2)13(20)16-6-3-10(4-7-16)12(18)19/h10H,3-9H2,1-2H3,(H,14,17)(H,18,19). The Kier molecular flexibility index (Phi) is 6.93. The second-order valence-electron chi connectivity index (χ2n) is 5.08. The van der Waals surface area contributed by atoms with Gasteiger partial charge in [0.15, 0.2) is 0 Å². The summed E-state index contributed by atoms with van der Waals surface area (Å²) in [4.78, 5) is 37.5. The minimum atomic E-state index is -0.812. The number of methoxy groups -OCH3 is 1. The van der Waals surface area contributed by atoms with Crippen LogP contribution < -0.4 is 5.32 Å². The first-order valence-corrected chi connectivity index (χ1v) is 6.94. The maximum atomic E-state index is 12.1. The summed E-state index contributed by atoms with van der Waals surface area (Å²) >= 11 is 0. The number of likely N-dealkylation sites (N-methyl/N-ethyl adjacent to an activating group) is 1. The Labute approximate surface area is 124 Å². The summed E-state index contributed by atoms with van der Waals surface area (Å²) in [5.74, 6) is -1.44. The van der Waals surface area contributed by atoms with Crippen LogP contribution in [0.25, 0.3) is 0 Å². The summed E-state index contributed by atoms with van der Waals surface area (Å²) in [5, 5.41) is 11.6. The van der Waals surface area contributed by atoms with Gasteiger partial charge in [-0.25, -0.2) is 4.79 Å². The lowest BCUT2D eigenvalue weighted by Crippen LogP contribution is -2.48. The van der Waals surface area contributed by atoms with E-state index in [4.69, 9.17) is 9.84 Å². The highest BCUT2D eigenvalue weighted by molar-refractivity contribution is 5.84. The summed E-state index contributed by atoms with van der Waals surface area (Å²) in [7, 11) is 3.10. The number of amides is 3. The Balaban J connectivity index is 2.34. The summed E-state index contributed by atoms with van der Waals surface area (Å²) < 4.78 is 4.82. The van der Waals surface area contributed by atoms with Gasteiger partial charge in [0, 0.05) is 33.8 Å². The molecule has 0 aliphatic carbocycles. The number of likely N-dealkylation sites (tertiary alicyclic amines) is 1. The molecule has 0 unspecified atom stereocenters. The van der Waals surface area contributed by atoms with E-state index < -0.39 is 5.97 Å². The molecule has 1 saturated heterocycles. The molecule has 0 aromatic rings. The third kappa shape index (κ3) is 5.58. The van der Waals surface area contributed by atoms with Crippen LogP contribution in [0.2, 0.25) is 0 Å². The Morgan fingerprint density at radius 3 is 2.48 bits per heavy atom. The molecule has 0 aromatic carbocycles. The van der Waals surface area contributed by atoms with Crippen molar-refractivity contribution in [3.8, 4) is 0 Å². The van der Waals surface area contributed by atoms with Gasteiger partial charge in [0.2, 0.25) is 5.91 Å². The van der Waals surface area contributed by atoms with Crippen molar-refractivity contribution in [1.29, 1.82) is 0 Å². The van der Waals surface area contributed by atoms with Crippen molar-refractivity contribution in [3.05, 3.63) is 0 Å². The molecule has 1 aliphatic rings. The molecule has 1 aliphatic heterocycles. The Bertz CT molecular complexity index is 380.